The first-order chi connectivity index (χ1) is 10.7. The minimum Gasteiger partial charge on any atom is -0.474 e. The second kappa shape index (κ2) is 6.77. The second-order valence-electron chi connectivity index (χ2n) is 5.90. The van der Waals surface area contributed by atoms with Crippen LogP contribution in [0.2, 0.25) is 0 Å². The maximum atomic E-state index is 12.0. The summed E-state index contributed by atoms with van der Waals surface area (Å²) in [6, 6.07) is 3.32. The van der Waals surface area contributed by atoms with E-state index < -0.39 is 6.04 Å². The predicted octanol–water partition coefficient (Wildman–Crippen LogP) is 1.30. The van der Waals surface area contributed by atoms with E-state index >= 15 is 0 Å². The molecule has 6 nitrogen and oxygen atoms in total. The Kier molecular flexibility index (Phi) is 4.56. The van der Waals surface area contributed by atoms with Crippen molar-refractivity contribution in [2.45, 2.75) is 57.2 Å². The van der Waals surface area contributed by atoms with Crippen LogP contribution in [0.1, 0.15) is 44.1 Å². The van der Waals surface area contributed by atoms with Crippen molar-refractivity contribution in [2.24, 2.45) is 0 Å². The first kappa shape index (κ1) is 14.8. The Bertz CT molecular complexity index is 555. The van der Waals surface area contributed by atoms with Gasteiger partial charge in [-0.25, -0.2) is 4.98 Å². The lowest BCUT2D eigenvalue weighted by molar-refractivity contribution is -0.125. The Morgan fingerprint density at radius 3 is 2.91 bits per heavy atom. The third kappa shape index (κ3) is 3.75. The van der Waals surface area contributed by atoms with Crippen molar-refractivity contribution >= 4 is 11.8 Å². The molecule has 2 fully saturated rings. The number of hydrogen-bond acceptors (Lipinski definition) is 4. The van der Waals surface area contributed by atoms with Crippen LogP contribution in [0.15, 0.2) is 18.3 Å². The molecule has 0 aromatic carbocycles. The summed E-state index contributed by atoms with van der Waals surface area (Å²) in [5.74, 6) is 0.421. The van der Waals surface area contributed by atoms with Gasteiger partial charge in [-0.05, 0) is 43.7 Å². The lowest BCUT2D eigenvalue weighted by Crippen LogP contribution is -2.41. The number of nitrogens with one attached hydrogen (secondary N) is 2. The minimum atomic E-state index is -0.399. The van der Waals surface area contributed by atoms with Gasteiger partial charge in [0, 0.05) is 25.2 Å². The van der Waals surface area contributed by atoms with Crippen LogP contribution in [0.25, 0.3) is 0 Å². The van der Waals surface area contributed by atoms with Crippen molar-refractivity contribution in [3.63, 3.8) is 0 Å². The molecule has 22 heavy (non-hydrogen) atoms. The fourth-order valence-electron chi connectivity index (χ4n) is 2.92. The van der Waals surface area contributed by atoms with Crippen molar-refractivity contribution in [1.29, 1.82) is 0 Å². The standard InChI is InChI=1S/C16H21N3O3/c20-14-6-5-13(19-14)16(21)18-10-11-7-8-17-15(9-11)22-12-3-1-2-4-12/h7-9,12-13H,1-6,10H2,(H,18,21)(H,19,20). The van der Waals surface area contributed by atoms with Crippen LogP contribution in [0.5, 0.6) is 5.88 Å². The van der Waals surface area contributed by atoms with Crippen LogP contribution < -0.4 is 15.4 Å². The van der Waals surface area contributed by atoms with E-state index in [1.165, 1.54) is 12.8 Å². The van der Waals surface area contributed by atoms with Gasteiger partial charge in [-0.2, -0.15) is 0 Å². The summed E-state index contributed by atoms with van der Waals surface area (Å²) >= 11 is 0. The van der Waals surface area contributed by atoms with Crippen molar-refractivity contribution in [3.05, 3.63) is 23.9 Å². The maximum Gasteiger partial charge on any atom is 0.242 e. The summed E-state index contributed by atoms with van der Waals surface area (Å²) < 4.78 is 5.86. The predicted molar refractivity (Wildman–Crippen MR) is 80.1 cm³/mol. The van der Waals surface area contributed by atoms with Crippen molar-refractivity contribution in [1.82, 2.24) is 15.6 Å². The molecule has 2 N–H and O–H groups in total. The molecule has 2 amide bonds. The Morgan fingerprint density at radius 1 is 1.36 bits per heavy atom. The maximum absolute atomic E-state index is 12.0. The molecule has 1 saturated heterocycles. The number of ether oxygens (including phenoxy) is 1. The molecule has 6 heteroatoms. The van der Waals surface area contributed by atoms with Gasteiger partial charge in [0.1, 0.15) is 12.1 Å². The number of hydrogen-bond donors (Lipinski definition) is 2. The molecule has 0 radical (unpaired) electrons. The van der Waals surface area contributed by atoms with E-state index in [9.17, 15) is 9.59 Å². The number of nitrogens with zero attached hydrogens (tertiary/aromatic N) is 1. The van der Waals surface area contributed by atoms with Gasteiger partial charge in [0.05, 0.1) is 0 Å². The summed E-state index contributed by atoms with van der Waals surface area (Å²) in [7, 11) is 0. The molecule has 118 valence electrons. The van der Waals surface area contributed by atoms with E-state index in [0.717, 1.165) is 18.4 Å². The van der Waals surface area contributed by atoms with Crippen LogP contribution in [-0.4, -0.2) is 28.9 Å². The Balaban J connectivity index is 1.51. The minimum absolute atomic E-state index is 0.0590. The number of carbonyl (C=O) groups excluding carboxylic acids is 2. The van der Waals surface area contributed by atoms with Crippen LogP contribution in [0, 0.1) is 0 Å². The Hall–Kier alpha value is -2.11. The number of amides is 2. The molecule has 1 aromatic heterocycles. The van der Waals surface area contributed by atoms with Crippen LogP contribution in [0.3, 0.4) is 0 Å². The monoisotopic (exact) mass is 303 g/mol. The molecular formula is C16H21N3O3. The third-order valence-electron chi connectivity index (χ3n) is 4.17. The molecule has 1 aromatic rings. The molecule has 0 spiro atoms. The highest BCUT2D eigenvalue weighted by atomic mass is 16.5. The van der Waals surface area contributed by atoms with Crippen molar-refractivity contribution in [2.75, 3.05) is 0 Å². The zero-order valence-corrected chi connectivity index (χ0v) is 12.5. The van der Waals surface area contributed by atoms with Gasteiger partial charge in [-0.3, -0.25) is 9.59 Å². The molecule has 1 atom stereocenters. The smallest absolute Gasteiger partial charge is 0.242 e. The molecule has 0 bridgehead atoms. The number of rotatable bonds is 5. The Labute approximate surface area is 129 Å². The van der Waals surface area contributed by atoms with Crippen molar-refractivity contribution < 1.29 is 14.3 Å². The second-order valence-corrected chi connectivity index (χ2v) is 5.90. The highest BCUT2D eigenvalue weighted by Gasteiger charge is 2.26. The van der Waals surface area contributed by atoms with E-state index in [1.807, 2.05) is 12.1 Å². The summed E-state index contributed by atoms with van der Waals surface area (Å²) in [4.78, 5) is 27.3. The average Bonchev–Trinajstić information content (AvgIpc) is 3.17. The van der Waals surface area contributed by atoms with E-state index in [4.69, 9.17) is 4.74 Å². The SMILES string of the molecule is O=C1CCC(C(=O)NCc2ccnc(OC3CCCC3)c2)N1. The summed E-state index contributed by atoms with van der Waals surface area (Å²) in [6.45, 7) is 0.411. The number of aromatic nitrogens is 1. The largest absolute Gasteiger partial charge is 0.474 e. The first-order valence-electron chi connectivity index (χ1n) is 7.89. The van der Waals surface area contributed by atoms with E-state index in [1.54, 1.807) is 6.20 Å². The lowest BCUT2D eigenvalue weighted by atomic mass is 10.2. The highest BCUT2D eigenvalue weighted by Crippen LogP contribution is 2.23. The molecule has 1 aliphatic heterocycles. The van der Waals surface area contributed by atoms with Gasteiger partial charge in [0.2, 0.25) is 17.7 Å². The lowest BCUT2D eigenvalue weighted by Gasteiger charge is -2.14. The topological polar surface area (TPSA) is 80.3 Å². The molecule has 1 unspecified atom stereocenters. The number of carbonyl (C=O) groups is 2. The van der Waals surface area contributed by atoms with E-state index in [0.29, 0.717) is 25.3 Å². The van der Waals surface area contributed by atoms with Gasteiger partial charge < -0.3 is 15.4 Å². The third-order valence-corrected chi connectivity index (χ3v) is 4.17. The first-order valence-corrected chi connectivity index (χ1v) is 7.89. The molecule has 2 heterocycles. The summed E-state index contributed by atoms with van der Waals surface area (Å²) in [6.07, 6.45) is 7.56. The molecule has 1 aliphatic carbocycles. The fourth-order valence-corrected chi connectivity index (χ4v) is 2.92. The van der Waals surface area contributed by atoms with Crippen LogP contribution in [-0.2, 0) is 16.1 Å². The van der Waals surface area contributed by atoms with Gasteiger partial charge in [0.15, 0.2) is 0 Å². The quantitative estimate of drug-likeness (QED) is 0.859. The van der Waals surface area contributed by atoms with Gasteiger partial charge in [0.25, 0.3) is 0 Å². The summed E-state index contributed by atoms with van der Waals surface area (Å²) in [5, 5.41) is 5.51. The van der Waals surface area contributed by atoms with Crippen LogP contribution >= 0.6 is 0 Å². The zero-order valence-electron chi connectivity index (χ0n) is 12.5. The number of pyridine rings is 1. The van der Waals surface area contributed by atoms with E-state index in [-0.39, 0.29) is 17.9 Å². The fraction of sp³-hybridized carbons (Fsp3) is 0.562. The van der Waals surface area contributed by atoms with E-state index in [2.05, 4.69) is 15.6 Å². The van der Waals surface area contributed by atoms with Gasteiger partial charge in [-0.15, -0.1) is 0 Å². The highest BCUT2D eigenvalue weighted by molar-refractivity contribution is 5.90. The molecular weight excluding hydrogens is 282 g/mol. The van der Waals surface area contributed by atoms with Gasteiger partial charge >= 0.3 is 0 Å². The molecule has 1 saturated carbocycles. The zero-order chi connectivity index (χ0) is 15.4. The molecule has 2 aliphatic rings. The Morgan fingerprint density at radius 2 is 2.18 bits per heavy atom. The normalized spacial score (nSPS) is 21.6. The van der Waals surface area contributed by atoms with Gasteiger partial charge in [-0.1, -0.05) is 0 Å². The summed E-state index contributed by atoms with van der Waals surface area (Å²) in [5.41, 5.74) is 0.945. The molecule has 3 rings (SSSR count). The van der Waals surface area contributed by atoms with Crippen molar-refractivity contribution in [3.8, 4) is 5.88 Å². The van der Waals surface area contributed by atoms with Crippen LogP contribution in [0.4, 0.5) is 0 Å². The average molecular weight is 303 g/mol.